The number of nitrogens with zero attached hydrogens (tertiary/aromatic N) is 4. The van der Waals surface area contributed by atoms with Crippen molar-refractivity contribution >= 4 is 5.69 Å². The second-order valence-corrected chi connectivity index (χ2v) is 5.38. The van der Waals surface area contributed by atoms with Crippen molar-refractivity contribution < 1.29 is 0 Å². The number of nitrogens with one attached hydrogen (secondary N) is 1. The normalized spacial score (nSPS) is 12.7. The second-order valence-electron chi connectivity index (χ2n) is 5.38. The molecule has 0 amide bonds. The van der Waals surface area contributed by atoms with Crippen LogP contribution in [0.1, 0.15) is 19.4 Å². The standard InChI is InChI=1S/C14H22N6/c1-10(2)12(7-15)8-16-13-4-5-14(11(3)6-13)20-9-17-18-19-20/h4-6,9-10,12,16H,7-8,15H2,1-3H3. The van der Waals surface area contributed by atoms with E-state index in [1.54, 1.807) is 11.0 Å². The Morgan fingerprint density at radius 2 is 2.15 bits per heavy atom. The van der Waals surface area contributed by atoms with Crippen molar-refractivity contribution in [1.29, 1.82) is 0 Å². The number of anilines is 1. The van der Waals surface area contributed by atoms with E-state index in [4.69, 9.17) is 5.73 Å². The van der Waals surface area contributed by atoms with E-state index in [2.05, 4.69) is 40.8 Å². The predicted octanol–water partition coefficient (Wildman–Crippen LogP) is 1.61. The van der Waals surface area contributed by atoms with Gasteiger partial charge in [0.25, 0.3) is 0 Å². The summed E-state index contributed by atoms with van der Waals surface area (Å²) in [5, 5.41) is 14.7. The summed E-state index contributed by atoms with van der Waals surface area (Å²) in [6, 6.07) is 6.16. The van der Waals surface area contributed by atoms with Gasteiger partial charge in [0.2, 0.25) is 0 Å². The van der Waals surface area contributed by atoms with Gasteiger partial charge in [-0.3, -0.25) is 0 Å². The van der Waals surface area contributed by atoms with Gasteiger partial charge in [0.05, 0.1) is 5.69 Å². The average Bonchev–Trinajstić information content (AvgIpc) is 2.93. The molecule has 2 aromatic rings. The summed E-state index contributed by atoms with van der Waals surface area (Å²) in [4.78, 5) is 0. The number of aryl methyl sites for hydroxylation is 1. The zero-order valence-electron chi connectivity index (χ0n) is 12.2. The highest BCUT2D eigenvalue weighted by Crippen LogP contribution is 2.19. The van der Waals surface area contributed by atoms with E-state index in [1.165, 1.54) is 0 Å². The zero-order chi connectivity index (χ0) is 14.5. The molecular formula is C14H22N6. The first-order chi connectivity index (χ1) is 9.61. The van der Waals surface area contributed by atoms with E-state index in [-0.39, 0.29) is 0 Å². The molecule has 0 fully saturated rings. The monoisotopic (exact) mass is 274 g/mol. The Morgan fingerprint density at radius 3 is 2.70 bits per heavy atom. The van der Waals surface area contributed by atoms with Gasteiger partial charge in [-0.15, -0.1) is 5.10 Å². The average molecular weight is 274 g/mol. The number of benzene rings is 1. The molecule has 3 N–H and O–H groups in total. The molecule has 0 spiro atoms. The quantitative estimate of drug-likeness (QED) is 0.836. The minimum absolute atomic E-state index is 0.481. The third-order valence-corrected chi connectivity index (χ3v) is 3.61. The van der Waals surface area contributed by atoms with Crippen molar-refractivity contribution in [3.63, 3.8) is 0 Å². The number of nitrogens with two attached hydrogens (primary N) is 1. The molecule has 1 heterocycles. The first-order valence-corrected chi connectivity index (χ1v) is 6.89. The maximum Gasteiger partial charge on any atom is 0.143 e. The van der Waals surface area contributed by atoms with Gasteiger partial charge in [0.1, 0.15) is 6.33 Å². The molecule has 1 atom stereocenters. The molecule has 6 heteroatoms. The molecule has 2 rings (SSSR count). The molecule has 108 valence electrons. The summed E-state index contributed by atoms with van der Waals surface area (Å²) < 4.78 is 1.66. The summed E-state index contributed by atoms with van der Waals surface area (Å²) in [7, 11) is 0. The van der Waals surface area contributed by atoms with Crippen LogP contribution in [0.2, 0.25) is 0 Å². The smallest absolute Gasteiger partial charge is 0.143 e. The van der Waals surface area contributed by atoms with E-state index in [1.807, 2.05) is 19.1 Å². The minimum atomic E-state index is 0.481. The molecule has 1 aromatic carbocycles. The molecule has 0 aliphatic heterocycles. The van der Waals surface area contributed by atoms with Gasteiger partial charge in [-0.25, -0.2) is 4.68 Å². The predicted molar refractivity (Wildman–Crippen MR) is 79.8 cm³/mol. The summed E-state index contributed by atoms with van der Waals surface area (Å²) in [6.07, 6.45) is 1.60. The Balaban J connectivity index is 2.06. The maximum absolute atomic E-state index is 5.79. The van der Waals surface area contributed by atoms with Gasteiger partial charge < -0.3 is 11.1 Å². The van der Waals surface area contributed by atoms with Crippen LogP contribution in [-0.2, 0) is 0 Å². The van der Waals surface area contributed by atoms with E-state index in [0.29, 0.717) is 18.4 Å². The van der Waals surface area contributed by atoms with Crippen molar-refractivity contribution in [2.24, 2.45) is 17.6 Å². The van der Waals surface area contributed by atoms with E-state index < -0.39 is 0 Å². The van der Waals surface area contributed by atoms with Crippen molar-refractivity contribution in [3.8, 4) is 5.69 Å². The van der Waals surface area contributed by atoms with Crippen LogP contribution in [0.15, 0.2) is 24.5 Å². The van der Waals surface area contributed by atoms with Crippen LogP contribution >= 0.6 is 0 Å². The Bertz CT molecular complexity index is 535. The summed E-state index contributed by atoms with van der Waals surface area (Å²) in [5.41, 5.74) is 8.99. The molecule has 0 radical (unpaired) electrons. The highest BCUT2D eigenvalue weighted by Gasteiger charge is 2.11. The molecule has 0 saturated heterocycles. The number of tetrazole rings is 1. The minimum Gasteiger partial charge on any atom is -0.385 e. The van der Waals surface area contributed by atoms with Gasteiger partial charge in [-0.05, 0) is 59.5 Å². The summed E-state index contributed by atoms with van der Waals surface area (Å²) in [6.45, 7) is 8.03. The van der Waals surface area contributed by atoms with E-state index >= 15 is 0 Å². The van der Waals surface area contributed by atoms with E-state index in [0.717, 1.165) is 23.5 Å². The molecule has 6 nitrogen and oxygen atoms in total. The number of hydrogen-bond donors (Lipinski definition) is 2. The van der Waals surface area contributed by atoms with Gasteiger partial charge >= 0.3 is 0 Å². The number of hydrogen-bond acceptors (Lipinski definition) is 5. The molecule has 0 bridgehead atoms. The third-order valence-electron chi connectivity index (χ3n) is 3.61. The fourth-order valence-electron chi connectivity index (χ4n) is 2.13. The number of rotatable bonds is 6. The lowest BCUT2D eigenvalue weighted by atomic mass is 9.96. The van der Waals surface area contributed by atoms with Gasteiger partial charge in [0.15, 0.2) is 0 Å². The first kappa shape index (κ1) is 14.5. The van der Waals surface area contributed by atoms with Crippen molar-refractivity contribution in [1.82, 2.24) is 20.2 Å². The van der Waals surface area contributed by atoms with Crippen LogP contribution in [-0.4, -0.2) is 33.3 Å². The largest absolute Gasteiger partial charge is 0.385 e. The first-order valence-electron chi connectivity index (χ1n) is 6.89. The zero-order valence-corrected chi connectivity index (χ0v) is 12.2. The molecule has 1 unspecified atom stereocenters. The third kappa shape index (κ3) is 3.33. The Kier molecular flexibility index (Phi) is 4.68. The maximum atomic E-state index is 5.79. The fourth-order valence-corrected chi connectivity index (χ4v) is 2.13. The van der Waals surface area contributed by atoms with Crippen molar-refractivity contribution in [2.75, 3.05) is 18.4 Å². The number of aromatic nitrogens is 4. The second kappa shape index (κ2) is 6.47. The fraction of sp³-hybridized carbons (Fsp3) is 0.500. The Labute approximate surface area is 119 Å². The molecule has 1 aromatic heterocycles. The molecule has 0 aliphatic carbocycles. The lowest BCUT2D eigenvalue weighted by molar-refractivity contribution is 0.413. The van der Waals surface area contributed by atoms with Gasteiger partial charge in [-0.1, -0.05) is 13.8 Å². The lowest BCUT2D eigenvalue weighted by Crippen LogP contribution is -2.27. The van der Waals surface area contributed by atoms with Gasteiger partial charge in [-0.2, -0.15) is 0 Å². The topological polar surface area (TPSA) is 81.6 Å². The SMILES string of the molecule is Cc1cc(NCC(CN)C(C)C)ccc1-n1cnnn1. The molecule has 0 saturated carbocycles. The summed E-state index contributed by atoms with van der Waals surface area (Å²) >= 11 is 0. The Morgan fingerprint density at radius 1 is 1.35 bits per heavy atom. The highest BCUT2D eigenvalue weighted by atomic mass is 15.5. The van der Waals surface area contributed by atoms with Crippen LogP contribution in [0.5, 0.6) is 0 Å². The highest BCUT2D eigenvalue weighted by molar-refractivity contribution is 5.53. The molecule has 0 aliphatic rings. The van der Waals surface area contributed by atoms with Crippen LogP contribution in [0.3, 0.4) is 0 Å². The van der Waals surface area contributed by atoms with Crippen molar-refractivity contribution in [2.45, 2.75) is 20.8 Å². The van der Waals surface area contributed by atoms with Crippen molar-refractivity contribution in [3.05, 3.63) is 30.1 Å². The lowest BCUT2D eigenvalue weighted by Gasteiger charge is -2.20. The van der Waals surface area contributed by atoms with E-state index in [9.17, 15) is 0 Å². The van der Waals surface area contributed by atoms with Crippen LogP contribution < -0.4 is 11.1 Å². The van der Waals surface area contributed by atoms with Crippen LogP contribution in [0, 0.1) is 18.8 Å². The summed E-state index contributed by atoms with van der Waals surface area (Å²) in [5.74, 6) is 1.06. The van der Waals surface area contributed by atoms with Crippen LogP contribution in [0.4, 0.5) is 5.69 Å². The van der Waals surface area contributed by atoms with Crippen LogP contribution in [0.25, 0.3) is 5.69 Å². The van der Waals surface area contributed by atoms with Gasteiger partial charge in [0, 0.05) is 12.2 Å². The molecule has 20 heavy (non-hydrogen) atoms. The Hall–Kier alpha value is -1.95. The molecular weight excluding hydrogens is 252 g/mol.